The Kier molecular flexibility index (Phi) is 22.6. The maximum absolute atomic E-state index is 14.1. The minimum absolute atomic E-state index is 0.0807. The van der Waals surface area contributed by atoms with Crippen LogP contribution >= 0.6 is 0 Å². The number of anilines is 1. The highest BCUT2D eigenvalue weighted by molar-refractivity contribution is 5.78. The van der Waals surface area contributed by atoms with Crippen molar-refractivity contribution in [1.82, 2.24) is 9.97 Å². The molecule has 1 aromatic heterocycles. The molecule has 2 aromatic rings. The van der Waals surface area contributed by atoms with E-state index >= 15 is 0 Å². The van der Waals surface area contributed by atoms with Crippen molar-refractivity contribution in [3.8, 4) is 11.1 Å². The molecule has 270 valence electrons. The molecule has 0 radical (unpaired) electrons. The van der Waals surface area contributed by atoms with E-state index < -0.39 is 16.9 Å². The highest BCUT2D eigenvalue weighted by Crippen LogP contribution is 2.61. The molecule has 1 aliphatic carbocycles. The summed E-state index contributed by atoms with van der Waals surface area (Å²) in [6.07, 6.45) is 9.39. The second kappa shape index (κ2) is 23.5. The Morgan fingerprint density at radius 3 is 1.94 bits per heavy atom. The predicted molar refractivity (Wildman–Crippen MR) is 197 cm³/mol. The molecule has 9 heteroatoms. The van der Waals surface area contributed by atoms with Gasteiger partial charge in [0.1, 0.15) is 28.8 Å². The summed E-state index contributed by atoms with van der Waals surface area (Å²) in [6.45, 7) is 27.7. The van der Waals surface area contributed by atoms with Crippen LogP contribution in [0.3, 0.4) is 0 Å². The van der Waals surface area contributed by atoms with Gasteiger partial charge in [0.2, 0.25) is 5.95 Å². The van der Waals surface area contributed by atoms with E-state index in [0.717, 1.165) is 30.6 Å². The van der Waals surface area contributed by atoms with Crippen LogP contribution in [0.15, 0.2) is 78.7 Å². The quantitative estimate of drug-likeness (QED) is 0.171. The molecule has 0 saturated heterocycles. The van der Waals surface area contributed by atoms with Gasteiger partial charge in [0, 0.05) is 24.4 Å². The lowest BCUT2D eigenvalue weighted by Gasteiger charge is -2.28. The van der Waals surface area contributed by atoms with E-state index in [4.69, 9.17) is 14.6 Å². The van der Waals surface area contributed by atoms with Gasteiger partial charge < -0.3 is 19.9 Å². The van der Waals surface area contributed by atoms with Gasteiger partial charge in [-0.2, -0.15) is 0 Å². The van der Waals surface area contributed by atoms with Crippen LogP contribution < -0.4 is 5.32 Å². The number of nitrogens with one attached hydrogen (secondary N) is 1. The van der Waals surface area contributed by atoms with E-state index in [1.807, 2.05) is 54.5 Å². The number of ketones is 1. The normalized spacial score (nSPS) is 13.6. The number of benzene rings is 1. The zero-order valence-electron chi connectivity index (χ0n) is 31.7. The number of Topliss-reactive ketones (excluding diaryl/α,β-unsaturated/α-hetero) is 1. The standard InChI is InChI=1S/C19H20FN3O2.C12H19FO.C4H10O.2C2H6/c1-5-18(13(3)25-4)23-19-21-10-16(11-22-19)14-6-7-15(8-12(2)24)17(20)9-14;1-9(2)8-10(14-5)12(6-7-12)11(3,4)13;1-3-4(2)5;2*1-2/h5-7,9-11H,3,8H2,1-2,4H3,(H,21,22,23);8H,1,6-7H2,2-5H3;4-5H,3H2,1-2H3;2*1-2H3/b18-5+;10-8-;;;/t;;4-;;/m..0../s1. The van der Waals surface area contributed by atoms with Gasteiger partial charge in [0.15, 0.2) is 0 Å². The SMILES string of the molecule is C=C(C)/C=C(\OC)C1(C(C)(C)F)CC1.C=C(OC)/C(=C\C)Nc1ncc(-c2ccc(CC(C)=O)c(F)c2)cn1.CC.CC.CC[C@H](C)O. The van der Waals surface area contributed by atoms with E-state index in [0.29, 0.717) is 34.1 Å². The molecule has 0 aliphatic heterocycles. The van der Waals surface area contributed by atoms with Gasteiger partial charge in [-0.1, -0.05) is 71.6 Å². The molecule has 48 heavy (non-hydrogen) atoms. The Hall–Kier alpha value is -3.85. The van der Waals surface area contributed by atoms with Crippen molar-refractivity contribution in [1.29, 1.82) is 0 Å². The molecule has 2 N–H and O–H groups in total. The number of aromatic nitrogens is 2. The van der Waals surface area contributed by atoms with Crippen molar-refractivity contribution in [3.63, 3.8) is 0 Å². The molecule has 7 nitrogen and oxygen atoms in total. The summed E-state index contributed by atoms with van der Waals surface area (Å²) in [5.74, 6) is 1.09. The lowest BCUT2D eigenvalue weighted by atomic mass is 9.86. The number of aliphatic hydroxyl groups excluding tert-OH is 1. The summed E-state index contributed by atoms with van der Waals surface area (Å²) in [4.78, 5) is 19.6. The fourth-order valence-corrected chi connectivity index (χ4v) is 4.09. The van der Waals surface area contributed by atoms with Gasteiger partial charge in [-0.05, 0) is 84.1 Å². The lowest BCUT2D eigenvalue weighted by molar-refractivity contribution is -0.116. The number of alkyl halides is 1. The van der Waals surface area contributed by atoms with Gasteiger partial charge in [0.05, 0.1) is 31.4 Å². The Balaban J connectivity index is 0. The van der Waals surface area contributed by atoms with Crippen molar-refractivity contribution in [3.05, 3.63) is 90.1 Å². The smallest absolute Gasteiger partial charge is 0.227 e. The second-order valence-electron chi connectivity index (χ2n) is 11.3. The zero-order valence-corrected chi connectivity index (χ0v) is 31.7. The number of ether oxygens (including phenoxy) is 2. The predicted octanol–water partition coefficient (Wildman–Crippen LogP) is 10.3. The van der Waals surface area contributed by atoms with Crippen molar-refractivity contribution < 1.29 is 28.2 Å². The molecule has 0 amide bonds. The summed E-state index contributed by atoms with van der Waals surface area (Å²) in [7, 11) is 3.13. The summed E-state index contributed by atoms with van der Waals surface area (Å²) in [5, 5.41) is 11.4. The largest absolute Gasteiger partial charge is 0.500 e. The average molecular weight is 674 g/mol. The minimum Gasteiger partial charge on any atom is -0.500 e. The Morgan fingerprint density at radius 1 is 1.08 bits per heavy atom. The van der Waals surface area contributed by atoms with E-state index in [1.165, 1.54) is 20.1 Å². The summed E-state index contributed by atoms with van der Waals surface area (Å²) < 4.78 is 38.4. The van der Waals surface area contributed by atoms with Crippen LogP contribution in [0, 0.1) is 11.2 Å². The number of hydrogen-bond acceptors (Lipinski definition) is 7. The van der Waals surface area contributed by atoms with Crippen molar-refractivity contribution in [2.24, 2.45) is 5.41 Å². The number of hydrogen-bond donors (Lipinski definition) is 2. The molecule has 1 atom stereocenters. The number of rotatable bonds is 12. The van der Waals surface area contributed by atoms with Gasteiger partial charge in [-0.25, -0.2) is 18.7 Å². The zero-order chi connectivity index (χ0) is 37.7. The molecular formula is C39H61F2N3O4. The summed E-state index contributed by atoms with van der Waals surface area (Å²) >= 11 is 0. The van der Waals surface area contributed by atoms with E-state index in [1.54, 1.807) is 58.5 Å². The molecule has 0 unspecified atom stereocenters. The van der Waals surface area contributed by atoms with Crippen LogP contribution in [0.2, 0.25) is 0 Å². The maximum Gasteiger partial charge on any atom is 0.227 e. The van der Waals surface area contributed by atoms with E-state index in [9.17, 15) is 13.6 Å². The molecule has 1 heterocycles. The van der Waals surface area contributed by atoms with E-state index in [-0.39, 0.29) is 18.3 Å². The first-order chi connectivity index (χ1) is 22.5. The molecule has 3 rings (SSSR count). The highest BCUT2D eigenvalue weighted by atomic mass is 19.1. The Labute approximate surface area is 289 Å². The third-order valence-electron chi connectivity index (χ3n) is 7.11. The third kappa shape index (κ3) is 15.8. The fourth-order valence-electron chi connectivity index (χ4n) is 4.09. The van der Waals surface area contributed by atoms with Gasteiger partial charge in [0.25, 0.3) is 0 Å². The minimum atomic E-state index is -1.22. The molecule has 1 aromatic carbocycles. The van der Waals surface area contributed by atoms with Gasteiger partial charge in [-0.3, -0.25) is 4.79 Å². The van der Waals surface area contributed by atoms with Gasteiger partial charge >= 0.3 is 0 Å². The first kappa shape index (κ1) is 46.3. The van der Waals surface area contributed by atoms with Crippen LogP contribution in [0.4, 0.5) is 14.7 Å². The lowest BCUT2D eigenvalue weighted by Crippen LogP contribution is -2.30. The van der Waals surface area contributed by atoms with E-state index in [2.05, 4.69) is 28.4 Å². The first-order valence-electron chi connectivity index (χ1n) is 16.6. The molecule has 1 saturated carbocycles. The fraction of sp³-hybridized carbons (Fsp3) is 0.513. The molecule has 1 fully saturated rings. The van der Waals surface area contributed by atoms with Crippen LogP contribution in [0.1, 0.15) is 101 Å². The molecule has 0 bridgehead atoms. The summed E-state index contributed by atoms with van der Waals surface area (Å²) in [5.41, 5.74) is 1.64. The average Bonchev–Trinajstić information content (AvgIpc) is 3.88. The van der Waals surface area contributed by atoms with Crippen LogP contribution in [-0.4, -0.2) is 46.9 Å². The number of carbonyl (C=O) groups excluding carboxylic acids is 1. The molecule has 1 aliphatic rings. The number of methoxy groups -OCH3 is 2. The highest BCUT2D eigenvalue weighted by Gasteiger charge is 2.59. The Bertz CT molecular complexity index is 1320. The number of halogens is 2. The first-order valence-corrected chi connectivity index (χ1v) is 16.6. The number of allylic oxidation sites excluding steroid dienone is 4. The van der Waals surface area contributed by atoms with Crippen LogP contribution in [0.5, 0.6) is 0 Å². The third-order valence-corrected chi connectivity index (χ3v) is 7.11. The van der Waals surface area contributed by atoms with Crippen LogP contribution in [0.25, 0.3) is 11.1 Å². The number of nitrogens with zero attached hydrogens (tertiary/aromatic N) is 2. The van der Waals surface area contributed by atoms with Crippen molar-refractivity contribution in [2.45, 2.75) is 114 Å². The summed E-state index contributed by atoms with van der Waals surface area (Å²) in [6, 6.07) is 4.74. The Morgan fingerprint density at radius 2 is 1.60 bits per heavy atom. The van der Waals surface area contributed by atoms with Gasteiger partial charge in [-0.15, -0.1) is 0 Å². The van der Waals surface area contributed by atoms with Crippen molar-refractivity contribution in [2.75, 3.05) is 19.5 Å². The monoisotopic (exact) mass is 673 g/mol. The van der Waals surface area contributed by atoms with Crippen molar-refractivity contribution >= 4 is 11.7 Å². The van der Waals surface area contributed by atoms with Crippen LogP contribution in [-0.2, 0) is 20.7 Å². The number of aliphatic hydroxyl groups is 1. The molecular weight excluding hydrogens is 612 g/mol. The topological polar surface area (TPSA) is 93.6 Å². The second-order valence-corrected chi connectivity index (χ2v) is 11.3. The maximum atomic E-state index is 14.1. The number of carbonyl (C=O) groups is 1. The molecule has 0 spiro atoms.